The SMILES string of the molecule is CC(C(=O)c1c[nH]c2ccccc12)N1CCN(C(=O)c2ccc(O)cc2)CC1. The Morgan fingerprint density at radius 2 is 1.68 bits per heavy atom. The number of piperazine rings is 1. The van der Waals surface area contributed by atoms with Gasteiger partial charge in [0.15, 0.2) is 5.78 Å². The molecule has 0 aliphatic carbocycles. The highest BCUT2D eigenvalue weighted by Gasteiger charge is 2.29. The third kappa shape index (κ3) is 3.39. The van der Waals surface area contributed by atoms with Crippen LogP contribution in [0.15, 0.2) is 54.7 Å². The number of nitrogens with one attached hydrogen (secondary N) is 1. The summed E-state index contributed by atoms with van der Waals surface area (Å²) in [4.78, 5) is 32.7. The lowest BCUT2D eigenvalue weighted by Gasteiger charge is -2.37. The zero-order chi connectivity index (χ0) is 19.7. The van der Waals surface area contributed by atoms with Gasteiger partial charge in [-0.05, 0) is 37.3 Å². The fraction of sp³-hybridized carbons (Fsp3) is 0.273. The van der Waals surface area contributed by atoms with Gasteiger partial charge in [0.05, 0.1) is 6.04 Å². The van der Waals surface area contributed by atoms with E-state index >= 15 is 0 Å². The van der Waals surface area contributed by atoms with Gasteiger partial charge in [-0.25, -0.2) is 0 Å². The van der Waals surface area contributed by atoms with Crippen molar-refractivity contribution in [1.29, 1.82) is 0 Å². The van der Waals surface area contributed by atoms with E-state index in [-0.39, 0.29) is 23.5 Å². The summed E-state index contributed by atoms with van der Waals surface area (Å²) in [7, 11) is 0. The maximum atomic E-state index is 13.0. The predicted molar refractivity (Wildman–Crippen MR) is 108 cm³/mol. The summed E-state index contributed by atoms with van der Waals surface area (Å²) < 4.78 is 0. The molecule has 1 aromatic heterocycles. The molecule has 0 radical (unpaired) electrons. The number of carbonyl (C=O) groups excluding carboxylic acids is 2. The van der Waals surface area contributed by atoms with Gasteiger partial charge in [-0.3, -0.25) is 14.5 Å². The number of ketones is 1. The van der Waals surface area contributed by atoms with Gasteiger partial charge in [0.25, 0.3) is 5.91 Å². The van der Waals surface area contributed by atoms with E-state index in [0.29, 0.717) is 37.3 Å². The minimum absolute atomic E-state index is 0.0461. The molecule has 1 aliphatic heterocycles. The van der Waals surface area contributed by atoms with Crippen LogP contribution in [0.4, 0.5) is 0 Å². The first-order chi connectivity index (χ1) is 13.5. The van der Waals surface area contributed by atoms with Crippen LogP contribution < -0.4 is 0 Å². The molecule has 1 fully saturated rings. The number of aromatic amines is 1. The van der Waals surface area contributed by atoms with Crippen LogP contribution in [0, 0.1) is 0 Å². The smallest absolute Gasteiger partial charge is 0.253 e. The second-order valence-corrected chi connectivity index (χ2v) is 7.16. The molecule has 144 valence electrons. The zero-order valence-electron chi connectivity index (χ0n) is 15.8. The van der Waals surface area contributed by atoms with Crippen molar-refractivity contribution in [2.45, 2.75) is 13.0 Å². The Labute approximate surface area is 163 Å². The molecule has 0 spiro atoms. The number of phenolic OH excluding ortho intramolecular Hbond substituents is 1. The number of H-pyrrole nitrogens is 1. The van der Waals surface area contributed by atoms with Crippen LogP contribution in [0.5, 0.6) is 5.75 Å². The number of benzene rings is 2. The highest BCUT2D eigenvalue weighted by Crippen LogP contribution is 2.21. The van der Waals surface area contributed by atoms with Gasteiger partial charge in [-0.15, -0.1) is 0 Å². The van der Waals surface area contributed by atoms with Gasteiger partial charge >= 0.3 is 0 Å². The van der Waals surface area contributed by atoms with Crippen molar-refractivity contribution in [2.75, 3.05) is 26.2 Å². The van der Waals surface area contributed by atoms with Gasteiger partial charge < -0.3 is 15.0 Å². The lowest BCUT2D eigenvalue weighted by atomic mass is 10.0. The number of nitrogens with zero attached hydrogens (tertiary/aromatic N) is 2. The molecule has 6 nitrogen and oxygen atoms in total. The number of fused-ring (bicyclic) bond motifs is 1. The van der Waals surface area contributed by atoms with E-state index in [2.05, 4.69) is 9.88 Å². The summed E-state index contributed by atoms with van der Waals surface area (Å²) in [6.07, 6.45) is 1.79. The molecule has 0 saturated carbocycles. The standard InChI is InChI=1S/C22H23N3O3/c1-15(21(27)19-14-23-20-5-3-2-4-18(19)20)24-10-12-25(13-11-24)22(28)16-6-8-17(26)9-7-16/h2-9,14-15,23,26H,10-13H2,1H3. The number of Topliss-reactive ketones (excluding diaryl/α,β-unsaturated/α-hetero) is 1. The van der Waals surface area contributed by atoms with E-state index < -0.39 is 0 Å². The quantitative estimate of drug-likeness (QED) is 0.686. The molecule has 4 rings (SSSR count). The number of phenols is 1. The molecule has 1 atom stereocenters. The molecule has 1 saturated heterocycles. The van der Waals surface area contributed by atoms with Crippen LogP contribution >= 0.6 is 0 Å². The Bertz CT molecular complexity index is 1000. The summed E-state index contributed by atoms with van der Waals surface area (Å²) in [6, 6.07) is 13.9. The third-order valence-corrected chi connectivity index (χ3v) is 5.50. The number of hydrogen-bond donors (Lipinski definition) is 2. The Morgan fingerprint density at radius 1 is 1.00 bits per heavy atom. The van der Waals surface area contributed by atoms with Crippen molar-refractivity contribution in [2.24, 2.45) is 0 Å². The van der Waals surface area contributed by atoms with Crippen LogP contribution in [0.2, 0.25) is 0 Å². The van der Waals surface area contributed by atoms with Crippen molar-refractivity contribution in [1.82, 2.24) is 14.8 Å². The summed E-state index contributed by atoms with van der Waals surface area (Å²) in [5.74, 6) is 0.192. The van der Waals surface area contributed by atoms with Gasteiger partial charge in [-0.2, -0.15) is 0 Å². The summed E-state index contributed by atoms with van der Waals surface area (Å²) in [6.45, 7) is 4.39. The molecular weight excluding hydrogens is 354 g/mol. The highest BCUT2D eigenvalue weighted by molar-refractivity contribution is 6.10. The number of rotatable bonds is 4. The largest absolute Gasteiger partial charge is 0.508 e. The molecule has 0 bridgehead atoms. The van der Waals surface area contributed by atoms with E-state index in [1.54, 1.807) is 23.2 Å². The number of carbonyl (C=O) groups is 2. The van der Waals surface area contributed by atoms with Gasteiger partial charge in [0.2, 0.25) is 0 Å². The van der Waals surface area contributed by atoms with Gasteiger partial charge in [-0.1, -0.05) is 18.2 Å². The van der Waals surface area contributed by atoms with Crippen LogP contribution in [0.1, 0.15) is 27.6 Å². The molecule has 6 heteroatoms. The fourth-order valence-corrected chi connectivity index (χ4v) is 3.77. The van der Waals surface area contributed by atoms with E-state index in [1.807, 2.05) is 31.2 Å². The maximum Gasteiger partial charge on any atom is 0.253 e. The second-order valence-electron chi connectivity index (χ2n) is 7.16. The first-order valence-electron chi connectivity index (χ1n) is 9.47. The first kappa shape index (κ1) is 18.3. The van der Waals surface area contributed by atoms with Crippen LogP contribution in [-0.2, 0) is 0 Å². The van der Waals surface area contributed by atoms with Crippen LogP contribution in [0.3, 0.4) is 0 Å². The Kier molecular flexibility index (Phi) is 4.88. The summed E-state index contributed by atoms with van der Waals surface area (Å²) >= 11 is 0. The van der Waals surface area contributed by atoms with E-state index in [4.69, 9.17) is 0 Å². The average molecular weight is 377 g/mol. The van der Waals surface area contributed by atoms with Crippen molar-refractivity contribution >= 4 is 22.6 Å². The molecule has 1 aliphatic rings. The van der Waals surface area contributed by atoms with Crippen molar-refractivity contribution in [3.05, 3.63) is 65.9 Å². The molecular formula is C22H23N3O3. The normalized spacial score (nSPS) is 16.2. The lowest BCUT2D eigenvalue weighted by Crippen LogP contribution is -2.53. The monoisotopic (exact) mass is 377 g/mol. The van der Waals surface area contributed by atoms with Crippen LogP contribution in [-0.4, -0.2) is 63.8 Å². The maximum absolute atomic E-state index is 13.0. The van der Waals surface area contributed by atoms with E-state index in [1.165, 1.54) is 12.1 Å². The predicted octanol–water partition coefficient (Wildman–Crippen LogP) is 2.90. The van der Waals surface area contributed by atoms with Crippen LogP contribution in [0.25, 0.3) is 10.9 Å². The second kappa shape index (κ2) is 7.48. The average Bonchev–Trinajstić information content (AvgIpc) is 3.17. The lowest BCUT2D eigenvalue weighted by molar-refractivity contribution is 0.0552. The topological polar surface area (TPSA) is 76.6 Å². The molecule has 2 aromatic carbocycles. The Morgan fingerprint density at radius 3 is 2.39 bits per heavy atom. The Balaban J connectivity index is 1.41. The summed E-state index contributed by atoms with van der Waals surface area (Å²) in [5, 5.41) is 10.3. The fourth-order valence-electron chi connectivity index (χ4n) is 3.77. The highest BCUT2D eigenvalue weighted by atomic mass is 16.3. The van der Waals surface area contributed by atoms with Gasteiger partial charge in [0.1, 0.15) is 5.75 Å². The number of para-hydroxylation sites is 1. The van der Waals surface area contributed by atoms with E-state index in [9.17, 15) is 14.7 Å². The number of hydrogen-bond acceptors (Lipinski definition) is 4. The molecule has 28 heavy (non-hydrogen) atoms. The summed E-state index contributed by atoms with van der Waals surface area (Å²) in [5.41, 5.74) is 2.24. The van der Waals surface area contributed by atoms with Gasteiger partial charge in [0, 0.05) is 54.4 Å². The van der Waals surface area contributed by atoms with Crippen molar-refractivity contribution in [3.8, 4) is 5.75 Å². The van der Waals surface area contributed by atoms with E-state index in [0.717, 1.165) is 10.9 Å². The minimum atomic E-state index is -0.245. The van der Waals surface area contributed by atoms with Crippen molar-refractivity contribution < 1.29 is 14.7 Å². The number of aromatic nitrogens is 1. The molecule has 2 heterocycles. The zero-order valence-corrected chi connectivity index (χ0v) is 15.8. The number of amides is 1. The third-order valence-electron chi connectivity index (χ3n) is 5.50. The first-order valence-corrected chi connectivity index (χ1v) is 9.47. The molecule has 3 aromatic rings. The molecule has 1 unspecified atom stereocenters. The molecule has 2 N–H and O–H groups in total. The number of aromatic hydroxyl groups is 1. The minimum Gasteiger partial charge on any atom is -0.508 e. The van der Waals surface area contributed by atoms with Crippen molar-refractivity contribution in [3.63, 3.8) is 0 Å². The Hall–Kier alpha value is -3.12. The molecule has 1 amide bonds.